The molecule has 1 aromatic carbocycles. The number of likely N-dealkylation sites (tertiary alicyclic amines) is 1. The van der Waals surface area contributed by atoms with Gasteiger partial charge in [-0.15, -0.1) is 0 Å². The van der Waals surface area contributed by atoms with Crippen LogP contribution >= 0.6 is 0 Å². The fourth-order valence-corrected chi connectivity index (χ4v) is 2.49. The summed E-state index contributed by atoms with van der Waals surface area (Å²) in [6.45, 7) is 1.96. The molecule has 1 heterocycles. The van der Waals surface area contributed by atoms with E-state index in [0.717, 1.165) is 0 Å². The Bertz CT molecular complexity index is 517. The van der Waals surface area contributed by atoms with Crippen molar-refractivity contribution in [1.82, 2.24) is 4.90 Å². The Morgan fingerprint density at radius 1 is 1.42 bits per heavy atom. The number of amides is 1. The molecule has 1 aliphatic rings. The Kier molecular flexibility index (Phi) is 3.55. The van der Waals surface area contributed by atoms with Crippen LogP contribution in [0.1, 0.15) is 25.3 Å². The number of aliphatic carboxylic acids is 1. The molecule has 19 heavy (non-hydrogen) atoms. The first-order valence-corrected chi connectivity index (χ1v) is 6.22. The molecule has 1 unspecified atom stereocenters. The number of rotatable bonds is 3. The third-order valence-electron chi connectivity index (χ3n) is 3.70. The van der Waals surface area contributed by atoms with Gasteiger partial charge in [0.25, 0.3) is 0 Å². The summed E-state index contributed by atoms with van der Waals surface area (Å²) >= 11 is 0. The van der Waals surface area contributed by atoms with Crippen LogP contribution in [0.2, 0.25) is 0 Å². The summed E-state index contributed by atoms with van der Waals surface area (Å²) in [5, 5.41) is 9.24. The molecular formula is C14H16FNO3. The predicted octanol–water partition coefficient (Wildman–Crippen LogP) is 1.83. The van der Waals surface area contributed by atoms with Crippen LogP contribution in [0.5, 0.6) is 0 Å². The molecule has 0 spiro atoms. The fraction of sp³-hybridized carbons (Fsp3) is 0.429. The molecule has 0 aliphatic carbocycles. The first-order valence-electron chi connectivity index (χ1n) is 6.22. The lowest BCUT2D eigenvalue weighted by Gasteiger charge is -2.31. The van der Waals surface area contributed by atoms with E-state index in [9.17, 15) is 19.1 Å². The Balaban J connectivity index is 2.17. The third kappa shape index (κ3) is 2.45. The minimum Gasteiger partial charge on any atom is -0.480 e. The van der Waals surface area contributed by atoms with Gasteiger partial charge in [0.1, 0.15) is 11.4 Å². The van der Waals surface area contributed by atoms with Gasteiger partial charge in [0.05, 0.1) is 6.42 Å². The van der Waals surface area contributed by atoms with Gasteiger partial charge < -0.3 is 10.0 Å². The maximum atomic E-state index is 13.5. The number of nitrogens with zero attached hydrogens (tertiary/aromatic N) is 1. The summed E-state index contributed by atoms with van der Waals surface area (Å²) in [6, 6.07) is 6.05. The van der Waals surface area contributed by atoms with E-state index < -0.39 is 17.3 Å². The lowest BCUT2D eigenvalue weighted by Crippen LogP contribution is -2.51. The van der Waals surface area contributed by atoms with E-state index in [2.05, 4.69) is 0 Å². The standard InChI is InChI=1S/C14H16FNO3/c1-14(13(18)19)7-4-8-16(14)12(17)9-10-5-2-3-6-11(10)15/h2-3,5-6H,4,7-9H2,1H3,(H,18,19). The molecule has 0 saturated carbocycles. The molecular weight excluding hydrogens is 249 g/mol. The second-order valence-corrected chi connectivity index (χ2v) is 5.00. The summed E-state index contributed by atoms with van der Waals surface area (Å²) in [4.78, 5) is 24.8. The van der Waals surface area contributed by atoms with Gasteiger partial charge in [-0.3, -0.25) is 4.79 Å². The minimum atomic E-state index is -1.16. The van der Waals surface area contributed by atoms with Gasteiger partial charge in [0, 0.05) is 6.54 Å². The van der Waals surface area contributed by atoms with Gasteiger partial charge in [0.2, 0.25) is 5.91 Å². The quantitative estimate of drug-likeness (QED) is 0.907. The summed E-state index contributed by atoms with van der Waals surface area (Å²) in [6.07, 6.45) is 0.993. The average molecular weight is 265 g/mol. The lowest BCUT2D eigenvalue weighted by molar-refractivity contribution is -0.155. The van der Waals surface area contributed by atoms with Gasteiger partial charge >= 0.3 is 5.97 Å². The highest BCUT2D eigenvalue weighted by atomic mass is 19.1. The van der Waals surface area contributed by atoms with E-state index in [-0.39, 0.29) is 12.3 Å². The third-order valence-corrected chi connectivity index (χ3v) is 3.70. The van der Waals surface area contributed by atoms with Crippen LogP contribution in [0.4, 0.5) is 4.39 Å². The number of benzene rings is 1. The zero-order valence-corrected chi connectivity index (χ0v) is 10.7. The summed E-state index contributed by atoms with van der Waals surface area (Å²) in [5.41, 5.74) is -0.866. The van der Waals surface area contributed by atoms with Crippen molar-refractivity contribution in [3.05, 3.63) is 35.6 Å². The number of carbonyl (C=O) groups is 2. The smallest absolute Gasteiger partial charge is 0.329 e. The molecule has 0 bridgehead atoms. The highest BCUT2D eigenvalue weighted by Gasteiger charge is 2.45. The molecule has 1 aromatic rings. The minimum absolute atomic E-state index is 0.102. The fourth-order valence-electron chi connectivity index (χ4n) is 2.49. The number of hydrogen-bond acceptors (Lipinski definition) is 2. The van der Waals surface area contributed by atoms with Gasteiger partial charge in [-0.2, -0.15) is 0 Å². The molecule has 4 nitrogen and oxygen atoms in total. The zero-order chi connectivity index (χ0) is 14.0. The van der Waals surface area contributed by atoms with E-state index in [1.54, 1.807) is 25.1 Å². The van der Waals surface area contributed by atoms with E-state index >= 15 is 0 Å². The van der Waals surface area contributed by atoms with Gasteiger partial charge in [-0.05, 0) is 31.4 Å². The Morgan fingerprint density at radius 3 is 2.74 bits per heavy atom. The Labute approximate surface area is 110 Å². The maximum Gasteiger partial charge on any atom is 0.329 e. The molecule has 0 radical (unpaired) electrons. The van der Waals surface area contributed by atoms with Crippen LogP contribution in [0, 0.1) is 5.82 Å². The van der Waals surface area contributed by atoms with Crippen LogP contribution in [-0.4, -0.2) is 34.0 Å². The molecule has 1 atom stereocenters. The zero-order valence-electron chi connectivity index (χ0n) is 10.7. The molecule has 1 saturated heterocycles. The normalized spacial score (nSPS) is 22.5. The second kappa shape index (κ2) is 4.99. The Hall–Kier alpha value is -1.91. The molecule has 1 amide bonds. The van der Waals surface area contributed by atoms with Crippen LogP contribution < -0.4 is 0 Å². The highest BCUT2D eigenvalue weighted by Crippen LogP contribution is 2.30. The van der Waals surface area contributed by atoms with Crippen molar-refractivity contribution in [2.45, 2.75) is 31.7 Å². The van der Waals surface area contributed by atoms with Crippen molar-refractivity contribution >= 4 is 11.9 Å². The van der Waals surface area contributed by atoms with Crippen molar-refractivity contribution in [2.24, 2.45) is 0 Å². The van der Waals surface area contributed by atoms with Crippen molar-refractivity contribution in [3.63, 3.8) is 0 Å². The second-order valence-electron chi connectivity index (χ2n) is 5.00. The van der Waals surface area contributed by atoms with Crippen molar-refractivity contribution in [2.75, 3.05) is 6.54 Å². The Morgan fingerprint density at radius 2 is 2.11 bits per heavy atom. The topological polar surface area (TPSA) is 57.6 Å². The molecule has 1 fully saturated rings. The van der Waals surface area contributed by atoms with Gasteiger partial charge in [0.15, 0.2) is 0 Å². The molecule has 1 N–H and O–H groups in total. The maximum absolute atomic E-state index is 13.5. The molecule has 2 rings (SSSR count). The number of carboxylic acids is 1. The highest BCUT2D eigenvalue weighted by molar-refractivity contribution is 5.88. The summed E-state index contributed by atoms with van der Waals surface area (Å²) in [7, 11) is 0. The van der Waals surface area contributed by atoms with Crippen LogP contribution in [0.25, 0.3) is 0 Å². The number of carboxylic acid groups (broad SMARTS) is 1. The van der Waals surface area contributed by atoms with Crippen molar-refractivity contribution in [3.8, 4) is 0 Å². The van der Waals surface area contributed by atoms with Crippen LogP contribution in [0.15, 0.2) is 24.3 Å². The lowest BCUT2D eigenvalue weighted by atomic mass is 9.98. The van der Waals surface area contributed by atoms with E-state index in [1.165, 1.54) is 11.0 Å². The van der Waals surface area contributed by atoms with Gasteiger partial charge in [-0.1, -0.05) is 18.2 Å². The number of carbonyl (C=O) groups excluding carboxylic acids is 1. The van der Waals surface area contributed by atoms with Crippen molar-refractivity contribution < 1.29 is 19.1 Å². The van der Waals surface area contributed by atoms with Crippen molar-refractivity contribution in [1.29, 1.82) is 0 Å². The van der Waals surface area contributed by atoms with Gasteiger partial charge in [-0.25, -0.2) is 9.18 Å². The first kappa shape index (κ1) is 13.5. The number of halogens is 1. The molecule has 5 heteroatoms. The number of hydrogen-bond donors (Lipinski definition) is 1. The van der Waals surface area contributed by atoms with Crippen LogP contribution in [0.3, 0.4) is 0 Å². The molecule has 0 aromatic heterocycles. The molecule has 102 valence electrons. The van der Waals surface area contributed by atoms with E-state index in [1.807, 2.05) is 0 Å². The largest absolute Gasteiger partial charge is 0.480 e. The average Bonchev–Trinajstić information content (AvgIpc) is 2.76. The first-order chi connectivity index (χ1) is 8.95. The molecule has 1 aliphatic heterocycles. The summed E-state index contributed by atoms with van der Waals surface area (Å²) in [5.74, 6) is -1.79. The SMILES string of the molecule is CC1(C(=O)O)CCCN1C(=O)Cc1ccccc1F. The van der Waals surface area contributed by atoms with E-state index in [4.69, 9.17) is 0 Å². The van der Waals surface area contributed by atoms with Crippen LogP contribution in [-0.2, 0) is 16.0 Å². The van der Waals surface area contributed by atoms with E-state index in [0.29, 0.717) is 24.9 Å². The monoisotopic (exact) mass is 265 g/mol. The summed E-state index contributed by atoms with van der Waals surface area (Å²) < 4.78 is 13.5. The predicted molar refractivity (Wildman–Crippen MR) is 67.1 cm³/mol.